The number of nitrogen functional groups attached to an aromatic ring is 1. The summed E-state index contributed by atoms with van der Waals surface area (Å²) < 4.78 is 45.1. The molecular formula is C36H34Br2Cl3FK2N10O5P2. The molecule has 0 saturated carbocycles. The van der Waals surface area contributed by atoms with Gasteiger partial charge in [0, 0.05) is 41.1 Å². The Morgan fingerprint density at radius 2 is 1.31 bits per heavy atom. The summed E-state index contributed by atoms with van der Waals surface area (Å²) in [7, 11) is -6.01. The summed E-state index contributed by atoms with van der Waals surface area (Å²) >= 11 is 23.3. The quantitative estimate of drug-likeness (QED) is 0.0267. The zero-order valence-corrected chi connectivity index (χ0v) is 46.7. The van der Waals surface area contributed by atoms with Gasteiger partial charge in [0.15, 0.2) is 0 Å². The standard InChI is InChI=1S/C17H14BrClN5OP.C13H14N3OP.C4HBrCl2N2.CH3F.CH2O3.2K.H/c1-4-11-8-21-24(10-11)12-5-6-14(15(7-12)26(2,3)25)22-16-13(18)9-20-17(19)23-16;1-4-10-8-15-16(9-10)11-5-6-12(14)13(7-11)18(2,3)17;5-2-1-8-4(7)9-3(2)6;1-2;2-1-4-3;;;/h1,5-10H,2-3H3,(H,20,22,23);1,5-9H,14H2,2-3H3;1H;1H3;1,3H;;;/q;;;;;2*+1;-1/p-1/i;;;1D;;;;. The number of hydrogen-bond donors (Lipinski definition) is 2. The molecule has 0 amide bonds. The van der Waals surface area contributed by atoms with Gasteiger partial charge in [0.05, 0.1) is 58.1 Å². The molecule has 6 rings (SSSR count). The molecule has 0 aliphatic rings. The van der Waals surface area contributed by atoms with Crippen molar-refractivity contribution in [1.29, 1.82) is 0 Å². The van der Waals surface area contributed by atoms with Gasteiger partial charge < -0.3 is 31.8 Å². The molecule has 2 aromatic carbocycles. The number of aromatic nitrogens is 8. The van der Waals surface area contributed by atoms with Gasteiger partial charge in [-0.25, -0.2) is 24.3 Å². The fourth-order valence-corrected chi connectivity index (χ4v) is 7.53. The summed E-state index contributed by atoms with van der Waals surface area (Å²) in [6.07, 6.45) is 20.4. The number of nitrogens with two attached hydrogens (primary N) is 1. The maximum Gasteiger partial charge on any atom is 1.00 e. The smallest absolute Gasteiger partial charge is 1.00 e. The second-order valence-corrected chi connectivity index (χ2v) is 20.8. The predicted molar refractivity (Wildman–Crippen MR) is 239 cm³/mol. The van der Waals surface area contributed by atoms with Crippen LogP contribution in [0.2, 0.25) is 15.7 Å². The minimum atomic E-state index is -2.60. The van der Waals surface area contributed by atoms with E-state index in [2.05, 4.69) is 84.0 Å². The van der Waals surface area contributed by atoms with Crippen molar-refractivity contribution >= 4 is 115 Å². The van der Waals surface area contributed by atoms with Crippen molar-refractivity contribution in [3.63, 3.8) is 0 Å². The number of carbonyl (C=O) groups excluding carboxylic acids is 1. The summed E-state index contributed by atoms with van der Waals surface area (Å²) in [5, 5.41) is 21.9. The van der Waals surface area contributed by atoms with Crippen molar-refractivity contribution < 1.29 is 134 Å². The van der Waals surface area contributed by atoms with Crippen LogP contribution in [-0.4, -0.2) is 79.8 Å². The number of anilines is 3. The Bertz CT molecular complexity index is 2600. The Morgan fingerprint density at radius 3 is 1.72 bits per heavy atom. The molecule has 0 saturated heterocycles. The van der Waals surface area contributed by atoms with Crippen molar-refractivity contribution in [3.8, 4) is 36.1 Å². The maximum atomic E-state index is 12.9. The number of halogens is 6. The van der Waals surface area contributed by atoms with Crippen molar-refractivity contribution in [2.24, 2.45) is 0 Å². The second-order valence-electron chi connectivity index (χ2n) is 11.7. The zero-order chi connectivity index (χ0) is 45.2. The van der Waals surface area contributed by atoms with E-state index < -0.39 is 21.4 Å². The first-order valence-corrected chi connectivity index (χ1v) is 23.7. The maximum absolute atomic E-state index is 12.9. The van der Waals surface area contributed by atoms with Crippen LogP contribution >= 0.6 is 80.9 Å². The number of nitrogens with one attached hydrogen (secondary N) is 1. The van der Waals surface area contributed by atoms with Gasteiger partial charge in [-0.3, -0.25) is 9.18 Å². The summed E-state index contributed by atoms with van der Waals surface area (Å²) in [6, 6.07) is 10.9. The van der Waals surface area contributed by atoms with Gasteiger partial charge >= 0.3 is 103 Å². The number of alkyl halides is 1. The zero-order valence-electron chi connectivity index (χ0n) is 35.2. The molecular weight excluding hydrogens is 1080 g/mol. The normalized spacial score (nSPS) is 10.1. The van der Waals surface area contributed by atoms with Crippen molar-refractivity contribution in [2.45, 2.75) is 0 Å². The van der Waals surface area contributed by atoms with E-state index in [0.717, 1.165) is 11.4 Å². The third-order valence-corrected chi connectivity index (χ3v) is 12.0. The van der Waals surface area contributed by atoms with Crippen LogP contribution in [0.15, 0.2) is 82.5 Å². The predicted octanol–water partition coefficient (Wildman–Crippen LogP) is 1.42. The van der Waals surface area contributed by atoms with E-state index in [0.29, 0.717) is 53.0 Å². The van der Waals surface area contributed by atoms with E-state index in [-0.39, 0.29) is 121 Å². The van der Waals surface area contributed by atoms with E-state index >= 15 is 0 Å². The molecule has 0 atom stereocenters. The SMILES string of the molecule is C#Cc1cnn(-c2ccc(N)c(P(C)(C)=O)c2)c1.C#Cc1cnn(-c2ccc(Nc3nc(Cl)ncc3Br)c(P(C)(C)=O)c2)c1.Clc1ncc(Br)c(Cl)n1.O=CO[O-].[2H]CF.[H-].[K+].[K+]. The van der Waals surface area contributed by atoms with E-state index in [1.54, 1.807) is 79.1 Å². The molecule has 0 aliphatic heterocycles. The number of benzene rings is 2. The minimum Gasteiger partial charge on any atom is -1.00 e. The molecule has 15 nitrogen and oxygen atoms in total. The third kappa shape index (κ3) is 19.7. The topological polar surface area (TPSA) is 209 Å². The number of terminal acetylenes is 2. The minimum absolute atomic E-state index is 0. The molecule has 61 heavy (non-hydrogen) atoms. The first kappa shape index (κ1) is 57.7. The van der Waals surface area contributed by atoms with Crippen molar-refractivity contribution in [2.75, 3.05) is 44.9 Å². The van der Waals surface area contributed by atoms with Crippen LogP contribution in [-0.2, 0) is 18.8 Å². The van der Waals surface area contributed by atoms with E-state index in [1.807, 2.05) is 24.3 Å². The van der Waals surface area contributed by atoms with E-state index in [4.69, 9.17) is 64.8 Å². The first-order valence-electron chi connectivity index (χ1n) is 16.5. The fraction of sp³-hybridized carbons (Fsp3) is 0.139. The van der Waals surface area contributed by atoms with Gasteiger partial charge in [-0.2, -0.15) is 15.2 Å². The van der Waals surface area contributed by atoms with Gasteiger partial charge in [-0.15, -0.1) is 12.8 Å². The Morgan fingerprint density at radius 1 is 0.869 bits per heavy atom. The molecule has 0 radical (unpaired) electrons. The average Bonchev–Trinajstić information content (AvgIpc) is 3.89. The van der Waals surface area contributed by atoms with E-state index in [1.165, 1.54) is 6.20 Å². The van der Waals surface area contributed by atoms with Gasteiger partial charge in [-0.1, -0.05) is 23.4 Å². The van der Waals surface area contributed by atoms with Gasteiger partial charge in [-0.05, 0) is 118 Å². The number of carbonyl (C=O) groups is 1. The molecule has 0 bridgehead atoms. The Balaban J connectivity index is 0. The Labute approximate surface area is 471 Å². The van der Waals surface area contributed by atoms with Crippen molar-refractivity contribution in [3.05, 3.63) is 109 Å². The summed E-state index contributed by atoms with van der Waals surface area (Å²) in [6.45, 7) is 6.61. The molecule has 4 aromatic heterocycles. The monoisotopic (exact) mass is 1110 g/mol. The van der Waals surface area contributed by atoms with Crippen LogP contribution in [0.1, 0.15) is 13.9 Å². The molecule has 0 unspecified atom stereocenters. The molecule has 312 valence electrons. The van der Waals surface area contributed by atoms with Crippen LogP contribution in [0.4, 0.5) is 21.6 Å². The Hall–Kier alpha value is -1.34. The molecule has 3 N–H and O–H groups in total. The van der Waals surface area contributed by atoms with Crippen LogP contribution in [0.5, 0.6) is 0 Å². The largest absolute Gasteiger partial charge is 1.00 e. The number of hydrogen-bond acceptors (Lipinski definition) is 13. The number of rotatable bonds is 7. The van der Waals surface area contributed by atoms with Crippen molar-refractivity contribution in [1.82, 2.24) is 39.5 Å². The van der Waals surface area contributed by atoms with Crippen LogP contribution in [0.25, 0.3) is 11.4 Å². The van der Waals surface area contributed by atoms with Crippen LogP contribution < -0.4 is 130 Å². The molecule has 4 heterocycles. The van der Waals surface area contributed by atoms with Gasteiger partial charge in [0.1, 0.15) is 25.3 Å². The first-order chi connectivity index (χ1) is 28.2. The van der Waals surface area contributed by atoms with E-state index in [9.17, 15) is 13.5 Å². The number of nitrogens with zero attached hydrogens (tertiary/aromatic N) is 8. The fourth-order valence-electron chi connectivity index (χ4n) is 4.32. The summed E-state index contributed by atoms with van der Waals surface area (Å²) in [5.74, 6) is 5.53. The third-order valence-electron chi connectivity index (χ3n) is 6.86. The van der Waals surface area contributed by atoms with Gasteiger partial charge in [0.25, 0.3) is 6.47 Å². The molecule has 0 aliphatic carbocycles. The molecule has 0 fully saturated rings. The summed E-state index contributed by atoms with van der Waals surface area (Å²) in [5.41, 5.74) is 9.98. The molecule has 0 spiro atoms. The molecule has 6 aromatic rings. The van der Waals surface area contributed by atoms with Crippen LogP contribution in [0.3, 0.4) is 0 Å². The Kier molecular flexibility index (Phi) is 27.7. The average molecular weight is 1110 g/mol. The van der Waals surface area contributed by atoms with Gasteiger partial charge in [0.2, 0.25) is 10.6 Å². The van der Waals surface area contributed by atoms with Crippen LogP contribution in [0, 0.1) is 24.7 Å². The second kappa shape index (κ2) is 29.2. The molecule has 25 heteroatoms. The summed E-state index contributed by atoms with van der Waals surface area (Å²) in [4.78, 5) is 26.6.